The van der Waals surface area contributed by atoms with Gasteiger partial charge in [0.1, 0.15) is 5.82 Å². The molecule has 0 unspecified atom stereocenters. The molecular weight excluding hydrogens is 203 g/mol. The number of halogens is 1. The second kappa shape index (κ2) is 4.08. The monoisotopic (exact) mass is 218 g/mol. The van der Waals surface area contributed by atoms with Crippen molar-refractivity contribution in [3.8, 4) is 0 Å². The van der Waals surface area contributed by atoms with Crippen LogP contribution in [0.4, 0.5) is 10.1 Å². The van der Waals surface area contributed by atoms with Crippen LogP contribution in [0.15, 0.2) is 18.2 Å². The highest BCUT2D eigenvalue weighted by Crippen LogP contribution is 2.24. The molecule has 0 aliphatic carbocycles. The van der Waals surface area contributed by atoms with E-state index in [2.05, 4.69) is 11.9 Å². The predicted molar refractivity (Wildman–Crippen MR) is 64.8 cm³/mol. The van der Waals surface area contributed by atoms with E-state index in [0.717, 1.165) is 23.9 Å². The van der Waals surface area contributed by atoms with Gasteiger partial charge < -0.3 is 5.73 Å². The molecule has 0 aliphatic rings. The Hall–Kier alpha value is -1.64. The van der Waals surface area contributed by atoms with Gasteiger partial charge in [-0.15, -0.1) is 0 Å². The maximum absolute atomic E-state index is 13.4. The third-order valence-electron chi connectivity index (χ3n) is 2.68. The van der Waals surface area contributed by atoms with Crippen LogP contribution in [0.25, 0.3) is 10.9 Å². The molecule has 1 aromatic carbocycles. The molecule has 1 aromatic heterocycles. The SMILES string of the molecule is CCCc1cc(N)c2cc(C)c(F)cc2n1. The molecular formula is C13H15FN2. The molecule has 84 valence electrons. The van der Waals surface area contributed by atoms with Gasteiger partial charge in [0.2, 0.25) is 0 Å². The molecule has 0 amide bonds. The van der Waals surface area contributed by atoms with Crippen LogP contribution in [0.1, 0.15) is 24.6 Å². The first-order valence-electron chi connectivity index (χ1n) is 5.47. The van der Waals surface area contributed by atoms with Gasteiger partial charge in [0, 0.05) is 22.8 Å². The number of nitrogen functional groups attached to an aromatic ring is 1. The van der Waals surface area contributed by atoms with Crippen molar-refractivity contribution in [2.45, 2.75) is 26.7 Å². The fourth-order valence-corrected chi connectivity index (χ4v) is 1.82. The Kier molecular flexibility index (Phi) is 2.77. The van der Waals surface area contributed by atoms with Crippen LogP contribution >= 0.6 is 0 Å². The number of hydrogen-bond acceptors (Lipinski definition) is 2. The van der Waals surface area contributed by atoms with E-state index in [9.17, 15) is 4.39 Å². The maximum atomic E-state index is 13.4. The Morgan fingerprint density at radius 2 is 2.06 bits per heavy atom. The van der Waals surface area contributed by atoms with Crippen molar-refractivity contribution in [2.75, 3.05) is 5.73 Å². The van der Waals surface area contributed by atoms with Crippen LogP contribution in [-0.2, 0) is 6.42 Å². The maximum Gasteiger partial charge on any atom is 0.128 e. The Bertz CT molecular complexity index is 535. The summed E-state index contributed by atoms with van der Waals surface area (Å²) in [6.07, 6.45) is 1.88. The van der Waals surface area contributed by atoms with E-state index in [1.165, 1.54) is 6.07 Å². The third kappa shape index (κ3) is 1.85. The van der Waals surface area contributed by atoms with Gasteiger partial charge in [0.15, 0.2) is 0 Å². The van der Waals surface area contributed by atoms with E-state index in [0.29, 0.717) is 16.8 Å². The van der Waals surface area contributed by atoms with Gasteiger partial charge in [-0.05, 0) is 31.0 Å². The zero-order valence-corrected chi connectivity index (χ0v) is 9.55. The number of benzene rings is 1. The van der Waals surface area contributed by atoms with Gasteiger partial charge in [-0.1, -0.05) is 13.3 Å². The number of aryl methyl sites for hydroxylation is 2. The lowest BCUT2D eigenvalue weighted by Crippen LogP contribution is -1.97. The number of nitrogens with two attached hydrogens (primary N) is 1. The molecule has 0 radical (unpaired) electrons. The largest absolute Gasteiger partial charge is 0.398 e. The standard InChI is InChI=1S/C13H15FN2/c1-3-4-9-6-12(15)10-5-8(2)11(14)7-13(10)16-9/h5-7H,3-4H2,1-2H3,(H2,15,16). The summed E-state index contributed by atoms with van der Waals surface area (Å²) in [4.78, 5) is 4.41. The number of rotatable bonds is 2. The van der Waals surface area contributed by atoms with Crippen molar-refractivity contribution in [1.82, 2.24) is 4.98 Å². The van der Waals surface area contributed by atoms with E-state index in [1.54, 1.807) is 13.0 Å². The molecule has 0 spiro atoms. The number of anilines is 1. The highest BCUT2D eigenvalue weighted by molar-refractivity contribution is 5.90. The van der Waals surface area contributed by atoms with Crippen LogP contribution in [0.3, 0.4) is 0 Å². The zero-order valence-electron chi connectivity index (χ0n) is 9.55. The summed E-state index contributed by atoms with van der Waals surface area (Å²) < 4.78 is 13.4. The zero-order chi connectivity index (χ0) is 11.7. The second-order valence-electron chi connectivity index (χ2n) is 4.07. The Balaban J connectivity index is 2.67. The summed E-state index contributed by atoms with van der Waals surface area (Å²) >= 11 is 0. The van der Waals surface area contributed by atoms with Crippen molar-refractivity contribution >= 4 is 16.6 Å². The normalized spacial score (nSPS) is 10.9. The minimum absolute atomic E-state index is 0.229. The minimum atomic E-state index is -0.229. The number of hydrogen-bond donors (Lipinski definition) is 1. The Morgan fingerprint density at radius 3 is 2.75 bits per heavy atom. The summed E-state index contributed by atoms with van der Waals surface area (Å²) in [5, 5.41) is 0.832. The molecule has 2 nitrogen and oxygen atoms in total. The van der Waals surface area contributed by atoms with Crippen LogP contribution in [0.2, 0.25) is 0 Å². The molecule has 0 aliphatic heterocycles. The van der Waals surface area contributed by atoms with Crippen LogP contribution in [0.5, 0.6) is 0 Å². The van der Waals surface area contributed by atoms with Gasteiger partial charge in [-0.2, -0.15) is 0 Å². The molecule has 16 heavy (non-hydrogen) atoms. The topological polar surface area (TPSA) is 38.9 Å². The molecule has 0 saturated carbocycles. The van der Waals surface area contributed by atoms with Crippen molar-refractivity contribution < 1.29 is 4.39 Å². The van der Waals surface area contributed by atoms with Gasteiger partial charge in [-0.25, -0.2) is 4.39 Å². The highest BCUT2D eigenvalue weighted by Gasteiger charge is 2.06. The molecule has 2 aromatic rings. The first-order chi connectivity index (χ1) is 7.61. The quantitative estimate of drug-likeness (QED) is 0.840. The third-order valence-corrected chi connectivity index (χ3v) is 2.68. The van der Waals surface area contributed by atoms with E-state index in [4.69, 9.17) is 5.73 Å². The van der Waals surface area contributed by atoms with Crippen molar-refractivity contribution in [3.05, 3.63) is 35.3 Å². The molecule has 2 N–H and O–H groups in total. The van der Waals surface area contributed by atoms with Crippen LogP contribution in [-0.4, -0.2) is 4.98 Å². The molecule has 0 fully saturated rings. The number of aromatic nitrogens is 1. The van der Waals surface area contributed by atoms with E-state index in [1.807, 2.05) is 6.07 Å². The van der Waals surface area contributed by atoms with Crippen LogP contribution in [0, 0.1) is 12.7 Å². The van der Waals surface area contributed by atoms with Gasteiger partial charge in [0.25, 0.3) is 0 Å². The smallest absolute Gasteiger partial charge is 0.128 e. The number of pyridine rings is 1. The average molecular weight is 218 g/mol. The highest BCUT2D eigenvalue weighted by atomic mass is 19.1. The second-order valence-corrected chi connectivity index (χ2v) is 4.07. The van der Waals surface area contributed by atoms with Crippen molar-refractivity contribution in [1.29, 1.82) is 0 Å². The minimum Gasteiger partial charge on any atom is -0.398 e. The summed E-state index contributed by atoms with van der Waals surface area (Å²) in [5.74, 6) is -0.229. The molecule has 3 heteroatoms. The van der Waals surface area contributed by atoms with E-state index in [-0.39, 0.29) is 5.82 Å². The molecule has 0 atom stereocenters. The fourth-order valence-electron chi connectivity index (χ4n) is 1.82. The summed E-state index contributed by atoms with van der Waals surface area (Å²) in [6.45, 7) is 3.81. The van der Waals surface area contributed by atoms with E-state index < -0.39 is 0 Å². The average Bonchev–Trinajstić information content (AvgIpc) is 2.22. The lowest BCUT2D eigenvalue weighted by atomic mass is 10.1. The van der Waals surface area contributed by atoms with Crippen molar-refractivity contribution in [3.63, 3.8) is 0 Å². The first kappa shape index (κ1) is 10.9. The Morgan fingerprint density at radius 1 is 1.31 bits per heavy atom. The van der Waals surface area contributed by atoms with Gasteiger partial charge >= 0.3 is 0 Å². The molecule has 0 saturated heterocycles. The summed E-state index contributed by atoms with van der Waals surface area (Å²) in [5.41, 5.74) is 8.79. The lowest BCUT2D eigenvalue weighted by Gasteiger charge is -2.07. The molecule has 1 heterocycles. The Labute approximate surface area is 94.3 Å². The number of fused-ring (bicyclic) bond motifs is 1. The molecule has 0 bridgehead atoms. The van der Waals surface area contributed by atoms with E-state index >= 15 is 0 Å². The number of nitrogens with zero attached hydrogens (tertiary/aromatic N) is 1. The fraction of sp³-hybridized carbons (Fsp3) is 0.308. The predicted octanol–water partition coefficient (Wildman–Crippen LogP) is 3.22. The summed E-state index contributed by atoms with van der Waals surface area (Å²) in [7, 11) is 0. The van der Waals surface area contributed by atoms with Crippen molar-refractivity contribution in [2.24, 2.45) is 0 Å². The van der Waals surface area contributed by atoms with Gasteiger partial charge in [0.05, 0.1) is 5.52 Å². The summed E-state index contributed by atoms with van der Waals surface area (Å²) in [6, 6.07) is 5.09. The van der Waals surface area contributed by atoms with Crippen LogP contribution < -0.4 is 5.73 Å². The van der Waals surface area contributed by atoms with Gasteiger partial charge in [-0.3, -0.25) is 4.98 Å². The first-order valence-corrected chi connectivity index (χ1v) is 5.47. The molecule has 2 rings (SSSR count). The lowest BCUT2D eigenvalue weighted by molar-refractivity contribution is 0.620.